The minimum atomic E-state index is -5.00. The quantitative estimate of drug-likeness (QED) is 0.341. The molecule has 15 heteroatoms. The number of hydrogen-bond acceptors (Lipinski definition) is 8. The van der Waals surface area contributed by atoms with Gasteiger partial charge in [0.15, 0.2) is 11.5 Å². The summed E-state index contributed by atoms with van der Waals surface area (Å²) in [6, 6.07) is 0.907. The van der Waals surface area contributed by atoms with Crippen molar-refractivity contribution in [3.05, 3.63) is 23.9 Å². The molecule has 1 aromatic heterocycles. The lowest BCUT2D eigenvalue weighted by Gasteiger charge is -2.36. The van der Waals surface area contributed by atoms with Crippen LogP contribution in [0.1, 0.15) is 85.3 Å². The number of benzene rings is 1. The van der Waals surface area contributed by atoms with E-state index < -0.39 is 83.7 Å². The highest BCUT2D eigenvalue weighted by atomic mass is 19.4. The van der Waals surface area contributed by atoms with Crippen LogP contribution in [0.3, 0.4) is 0 Å². The van der Waals surface area contributed by atoms with Gasteiger partial charge in [0.25, 0.3) is 5.92 Å². The normalized spacial score (nSPS) is 31.7. The molecule has 8 atom stereocenters. The van der Waals surface area contributed by atoms with E-state index in [2.05, 4.69) is 20.0 Å². The Kier molecular flexibility index (Phi) is 9.42. The lowest BCUT2D eigenvalue weighted by Crippen LogP contribution is -2.57. The van der Waals surface area contributed by atoms with Gasteiger partial charge in [-0.1, -0.05) is 34.1 Å². The standard InChI is InChI=1S/C35H43F5N4O6/c1-6-20-26-16-44(27(20)17(2)45)31(46)29(33(3,4)5)43-32(47)49-25-14-18-13-22(18)21(25)9-7-8-12-34(36,37)28-30(48-26)42-24-15-19(50-35(38,39)40)10-11-23(24)41-28/h10-11,15,18,20-22,25-27,29H,6-9,12-14,16H2,1-5H3,(H,43,47)/t18?,20-,21-,22?,25-,26+,27-,29-/m1/s1. The van der Waals surface area contributed by atoms with Crippen molar-refractivity contribution in [3.8, 4) is 11.6 Å². The molecule has 2 aliphatic heterocycles. The minimum Gasteiger partial charge on any atom is -0.471 e. The summed E-state index contributed by atoms with van der Waals surface area (Å²) in [6.07, 6.45) is -4.70. The molecule has 2 amide bonds. The van der Waals surface area contributed by atoms with E-state index in [-0.39, 0.29) is 35.7 Å². The largest absolute Gasteiger partial charge is 0.573 e. The van der Waals surface area contributed by atoms with Gasteiger partial charge in [-0.15, -0.1) is 13.2 Å². The molecule has 2 bridgehead atoms. The van der Waals surface area contributed by atoms with Gasteiger partial charge in [-0.05, 0) is 74.3 Å². The molecule has 3 heterocycles. The van der Waals surface area contributed by atoms with Crippen LogP contribution in [-0.4, -0.2) is 69.9 Å². The van der Waals surface area contributed by atoms with Gasteiger partial charge >= 0.3 is 12.5 Å². The second kappa shape index (κ2) is 13.1. The van der Waals surface area contributed by atoms with Crippen molar-refractivity contribution in [1.29, 1.82) is 0 Å². The molecule has 274 valence electrons. The monoisotopic (exact) mass is 710 g/mol. The summed E-state index contributed by atoms with van der Waals surface area (Å²) in [7, 11) is 0. The number of amides is 2. The summed E-state index contributed by atoms with van der Waals surface area (Å²) in [5.41, 5.74) is -1.85. The van der Waals surface area contributed by atoms with Gasteiger partial charge in [0, 0.05) is 18.4 Å². The number of rotatable bonds is 3. The predicted octanol–water partition coefficient (Wildman–Crippen LogP) is 6.93. The van der Waals surface area contributed by atoms with E-state index in [0.717, 1.165) is 24.6 Å². The zero-order valence-corrected chi connectivity index (χ0v) is 28.7. The fourth-order valence-electron chi connectivity index (χ4n) is 8.22. The molecule has 6 rings (SSSR count). The third-order valence-electron chi connectivity index (χ3n) is 10.7. The van der Waals surface area contributed by atoms with E-state index in [1.807, 2.05) is 0 Å². The highest BCUT2D eigenvalue weighted by Crippen LogP contribution is 2.58. The van der Waals surface area contributed by atoms with Gasteiger partial charge in [-0.3, -0.25) is 9.59 Å². The number of nitrogens with one attached hydrogen (secondary N) is 1. The minimum absolute atomic E-state index is 0.00117. The Morgan fingerprint density at radius 1 is 1.04 bits per heavy atom. The van der Waals surface area contributed by atoms with Gasteiger partial charge in [0.05, 0.1) is 23.6 Å². The van der Waals surface area contributed by atoms with Crippen molar-refractivity contribution in [2.75, 3.05) is 6.54 Å². The van der Waals surface area contributed by atoms with Crippen molar-refractivity contribution in [3.63, 3.8) is 0 Å². The van der Waals surface area contributed by atoms with E-state index in [1.165, 1.54) is 11.8 Å². The number of aromatic nitrogens is 2. The molecule has 2 saturated carbocycles. The summed E-state index contributed by atoms with van der Waals surface area (Å²) in [5, 5.41) is 2.78. The van der Waals surface area contributed by atoms with Crippen molar-refractivity contribution >= 4 is 28.8 Å². The summed E-state index contributed by atoms with van der Waals surface area (Å²) in [6.45, 7) is 8.20. The zero-order valence-electron chi connectivity index (χ0n) is 28.7. The van der Waals surface area contributed by atoms with Crippen LogP contribution in [0, 0.1) is 29.1 Å². The molecule has 4 aliphatic rings. The van der Waals surface area contributed by atoms with Crippen LogP contribution in [0.4, 0.5) is 26.7 Å². The summed E-state index contributed by atoms with van der Waals surface area (Å²) in [5.74, 6) is -5.61. The number of fused-ring (bicyclic) bond motifs is 7. The topological polar surface area (TPSA) is 120 Å². The Labute approximate surface area is 286 Å². The molecule has 1 saturated heterocycles. The highest BCUT2D eigenvalue weighted by Gasteiger charge is 2.55. The lowest BCUT2D eigenvalue weighted by atomic mass is 9.85. The fraction of sp³-hybridized carbons (Fsp3) is 0.686. The molecule has 2 aromatic rings. The van der Waals surface area contributed by atoms with Gasteiger partial charge < -0.3 is 24.4 Å². The second-order valence-corrected chi connectivity index (χ2v) is 15.2. The molecule has 50 heavy (non-hydrogen) atoms. The first kappa shape index (κ1) is 36.0. The Morgan fingerprint density at radius 2 is 1.78 bits per heavy atom. The first-order valence-electron chi connectivity index (χ1n) is 17.3. The second-order valence-electron chi connectivity index (χ2n) is 15.2. The molecular weight excluding hydrogens is 667 g/mol. The molecule has 0 radical (unpaired) electrons. The molecule has 2 unspecified atom stereocenters. The number of alkyl carbamates (subject to hydrolysis) is 1. The number of Topliss-reactive ketones (excluding diaryl/α,β-unsaturated/α-hetero) is 1. The van der Waals surface area contributed by atoms with Gasteiger partial charge in [-0.25, -0.2) is 14.8 Å². The third-order valence-corrected chi connectivity index (χ3v) is 10.7. The fourth-order valence-corrected chi connectivity index (χ4v) is 8.22. The van der Waals surface area contributed by atoms with Crippen molar-refractivity contribution in [2.45, 2.75) is 116 Å². The van der Waals surface area contributed by atoms with E-state index in [1.54, 1.807) is 27.7 Å². The molecule has 1 aromatic carbocycles. The predicted molar refractivity (Wildman–Crippen MR) is 169 cm³/mol. The Balaban J connectivity index is 1.43. The van der Waals surface area contributed by atoms with Gasteiger partial charge in [0.1, 0.15) is 24.0 Å². The number of nitrogens with zero attached hydrogens (tertiary/aromatic N) is 3. The van der Waals surface area contributed by atoms with Crippen LogP contribution in [-0.2, 0) is 20.2 Å². The number of carbonyl (C=O) groups excluding carboxylic acids is 3. The van der Waals surface area contributed by atoms with Crippen LogP contribution in [0.2, 0.25) is 0 Å². The number of hydrogen-bond donors (Lipinski definition) is 1. The van der Waals surface area contributed by atoms with E-state index in [9.17, 15) is 27.6 Å². The maximum atomic E-state index is 16.2. The number of ketones is 1. The average Bonchev–Trinajstić information content (AvgIpc) is 3.54. The summed E-state index contributed by atoms with van der Waals surface area (Å²) < 4.78 is 87.5. The zero-order chi connectivity index (χ0) is 36.3. The molecule has 1 N–H and O–H groups in total. The van der Waals surface area contributed by atoms with E-state index in [4.69, 9.17) is 9.47 Å². The van der Waals surface area contributed by atoms with Crippen molar-refractivity contribution in [1.82, 2.24) is 20.2 Å². The molecule has 2 aliphatic carbocycles. The first-order valence-corrected chi connectivity index (χ1v) is 17.3. The lowest BCUT2D eigenvalue weighted by molar-refractivity contribution is -0.274. The Bertz CT molecular complexity index is 1650. The maximum absolute atomic E-state index is 16.2. The molecule has 0 spiro atoms. The van der Waals surface area contributed by atoms with Crippen molar-refractivity contribution < 1.29 is 50.5 Å². The van der Waals surface area contributed by atoms with E-state index >= 15 is 8.78 Å². The maximum Gasteiger partial charge on any atom is 0.573 e. The van der Waals surface area contributed by atoms with Gasteiger partial charge in [-0.2, -0.15) is 8.78 Å². The van der Waals surface area contributed by atoms with Crippen LogP contribution in [0.5, 0.6) is 11.6 Å². The Morgan fingerprint density at radius 3 is 2.44 bits per heavy atom. The average molecular weight is 711 g/mol. The van der Waals surface area contributed by atoms with Crippen LogP contribution < -0.4 is 14.8 Å². The SMILES string of the molecule is CC[C@@H]1[C@@H]2CN(C(=O)[C@H](C(C)(C)C)NC(=O)O[C@@H]3CC4CC4[C@H]3CCCCC(F)(F)c3nc4ccc(OC(F)(F)F)cc4nc3O2)[C@@H]1C(C)=O. The number of alkyl halides is 5. The number of carbonyl (C=O) groups is 3. The molecule has 10 nitrogen and oxygen atoms in total. The molecule has 3 fully saturated rings. The first-order chi connectivity index (χ1) is 23.4. The van der Waals surface area contributed by atoms with Gasteiger partial charge in [0.2, 0.25) is 11.8 Å². The summed E-state index contributed by atoms with van der Waals surface area (Å²) >= 11 is 0. The Hall–Kier alpha value is -3.78. The summed E-state index contributed by atoms with van der Waals surface area (Å²) in [4.78, 5) is 50.6. The highest BCUT2D eigenvalue weighted by molar-refractivity contribution is 5.92. The van der Waals surface area contributed by atoms with E-state index in [0.29, 0.717) is 37.5 Å². The smallest absolute Gasteiger partial charge is 0.471 e. The third kappa shape index (κ3) is 7.32. The van der Waals surface area contributed by atoms with Crippen LogP contribution in [0.25, 0.3) is 11.0 Å². The number of halogens is 5. The van der Waals surface area contributed by atoms with Crippen LogP contribution in [0.15, 0.2) is 18.2 Å². The molecular formula is C35H43F5N4O6. The number of ether oxygens (including phenoxy) is 3. The van der Waals surface area contributed by atoms with Crippen molar-refractivity contribution in [2.24, 2.45) is 29.1 Å². The van der Waals surface area contributed by atoms with Crippen LogP contribution >= 0.6 is 0 Å².